The molecule has 0 aliphatic heterocycles. The van der Waals surface area contributed by atoms with Crippen LogP contribution in [-0.2, 0) is 12.2 Å². The number of thioether (sulfide) groups is 1. The topological polar surface area (TPSA) is 82.5 Å². The van der Waals surface area contributed by atoms with Gasteiger partial charge in [0.1, 0.15) is 11.4 Å². The Morgan fingerprint density at radius 1 is 1.17 bits per heavy atom. The highest BCUT2D eigenvalue weighted by Gasteiger charge is 2.13. The maximum atomic E-state index is 5.13. The maximum absolute atomic E-state index is 5.13. The minimum Gasteiger partial charge on any atom is -0.339 e. The van der Waals surface area contributed by atoms with Gasteiger partial charge in [0.25, 0.3) is 0 Å². The van der Waals surface area contributed by atoms with Crippen molar-refractivity contribution in [3.05, 3.63) is 54.6 Å². The number of hydrogen-bond acceptors (Lipinski definition) is 7. The standard InChI is InChI=1S/C16H14N6OS/c1-2-14-20-13(21-23-14)9-24-16-12-8-19-22(15(12)17-10-18-16)11-6-4-3-5-7-11/h3-8,10H,2,9H2,1H3. The highest BCUT2D eigenvalue weighted by atomic mass is 32.2. The van der Waals surface area contributed by atoms with Crippen LogP contribution in [0.25, 0.3) is 16.7 Å². The third-order valence-electron chi connectivity index (χ3n) is 3.48. The van der Waals surface area contributed by atoms with Crippen molar-refractivity contribution in [3.8, 4) is 5.69 Å². The van der Waals surface area contributed by atoms with E-state index in [1.54, 1.807) is 24.3 Å². The Hall–Kier alpha value is -2.74. The monoisotopic (exact) mass is 338 g/mol. The van der Waals surface area contributed by atoms with Crippen molar-refractivity contribution in [2.24, 2.45) is 0 Å². The summed E-state index contributed by atoms with van der Waals surface area (Å²) >= 11 is 1.55. The van der Waals surface area contributed by atoms with Gasteiger partial charge in [-0.15, -0.1) is 0 Å². The Bertz CT molecular complexity index is 965. The first-order valence-corrected chi connectivity index (χ1v) is 8.52. The molecule has 1 aromatic carbocycles. The van der Waals surface area contributed by atoms with Gasteiger partial charge in [-0.25, -0.2) is 14.6 Å². The molecular weight excluding hydrogens is 324 g/mol. The van der Waals surface area contributed by atoms with Gasteiger partial charge in [-0.2, -0.15) is 10.1 Å². The zero-order valence-corrected chi connectivity index (χ0v) is 13.8. The predicted molar refractivity (Wildman–Crippen MR) is 89.9 cm³/mol. The van der Waals surface area contributed by atoms with Crippen LogP contribution in [0.3, 0.4) is 0 Å². The molecule has 0 saturated heterocycles. The number of aryl methyl sites for hydroxylation is 1. The Kier molecular flexibility index (Phi) is 3.96. The quantitative estimate of drug-likeness (QED) is 0.408. The van der Waals surface area contributed by atoms with Crippen molar-refractivity contribution in [2.75, 3.05) is 0 Å². The fraction of sp³-hybridized carbons (Fsp3) is 0.188. The van der Waals surface area contributed by atoms with E-state index in [1.165, 1.54) is 0 Å². The molecule has 120 valence electrons. The van der Waals surface area contributed by atoms with Gasteiger partial charge in [-0.3, -0.25) is 0 Å². The molecule has 8 heteroatoms. The summed E-state index contributed by atoms with van der Waals surface area (Å²) in [5.74, 6) is 1.90. The molecule has 24 heavy (non-hydrogen) atoms. The van der Waals surface area contributed by atoms with Gasteiger partial charge < -0.3 is 4.52 Å². The fourth-order valence-corrected chi connectivity index (χ4v) is 3.13. The van der Waals surface area contributed by atoms with Crippen molar-refractivity contribution in [2.45, 2.75) is 24.1 Å². The zero-order valence-electron chi connectivity index (χ0n) is 13.0. The molecule has 4 rings (SSSR count). The van der Waals surface area contributed by atoms with Crippen LogP contribution < -0.4 is 0 Å². The minimum atomic E-state index is 0.589. The lowest BCUT2D eigenvalue weighted by atomic mass is 10.3. The van der Waals surface area contributed by atoms with E-state index < -0.39 is 0 Å². The van der Waals surface area contributed by atoms with Gasteiger partial charge in [0, 0.05) is 6.42 Å². The van der Waals surface area contributed by atoms with Crippen molar-refractivity contribution < 1.29 is 4.52 Å². The molecule has 3 aromatic heterocycles. The summed E-state index contributed by atoms with van der Waals surface area (Å²) in [6.45, 7) is 1.98. The van der Waals surface area contributed by atoms with Crippen LogP contribution in [0.15, 0.2) is 52.4 Å². The van der Waals surface area contributed by atoms with E-state index in [4.69, 9.17) is 4.52 Å². The summed E-state index contributed by atoms with van der Waals surface area (Å²) in [6, 6.07) is 9.91. The SMILES string of the molecule is CCc1nc(CSc2ncnc3c2cnn3-c2ccccc2)no1. The van der Waals surface area contributed by atoms with Crippen LogP contribution in [-0.4, -0.2) is 29.9 Å². The molecule has 7 nitrogen and oxygen atoms in total. The normalized spacial score (nSPS) is 11.2. The van der Waals surface area contributed by atoms with Gasteiger partial charge in [0.2, 0.25) is 5.89 Å². The van der Waals surface area contributed by atoms with Crippen molar-refractivity contribution in [1.29, 1.82) is 0 Å². The van der Waals surface area contributed by atoms with Gasteiger partial charge in [0.05, 0.1) is 23.0 Å². The van der Waals surface area contributed by atoms with Gasteiger partial charge in [-0.05, 0) is 12.1 Å². The predicted octanol–water partition coefficient (Wildman–Crippen LogP) is 3.05. The summed E-state index contributed by atoms with van der Waals surface area (Å²) < 4.78 is 6.94. The lowest BCUT2D eigenvalue weighted by Gasteiger charge is -2.03. The van der Waals surface area contributed by atoms with Gasteiger partial charge in [-0.1, -0.05) is 42.0 Å². The lowest BCUT2D eigenvalue weighted by Crippen LogP contribution is -1.97. The molecule has 0 aliphatic rings. The van der Waals surface area contributed by atoms with Crippen molar-refractivity contribution >= 4 is 22.8 Å². The van der Waals surface area contributed by atoms with Crippen LogP contribution >= 0.6 is 11.8 Å². The maximum Gasteiger partial charge on any atom is 0.226 e. The smallest absolute Gasteiger partial charge is 0.226 e. The fourth-order valence-electron chi connectivity index (χ4n) is 2.32. The van der Waals surface area contributed by atoms with E-state index >= 15 is 0 Å². The number of hydrogen-bond donors (Lipinski definition) is 0. The third kappa shape index (κ3) is 2.76. The molecule has 0 amide bonds. The summed E-state index contributed by atoms with van der Waals surface area (Å²) in [4.78, 5) is 13.1. The van der Waals surface area contributed by atoms with Crippen LogP contribution in [0.2, 0.25) is 0 Å². The third-order valence-corrected chi connectivity index (χ3v) is 4.48. The molecule has 0 bridgehead atoms. The lowest BCUT2D eigenvalue weighted by molar-refractivity contribution is 0.378. The molecule has 0 spiro atoms. The highest BCUT2D eigenvalue weighted by molar-refractivity contribution is 7.98. The molecule has 3 heterocycles. The first kappa shape index (κ1) is 14.8. The van der Waals surface area contributed by atoms with Gasteiger partial charge in [0.15, 0.2) is 11.5 Å². The minimum absolute atomic E-state index is 0.589. The van der Waals surface area contributed by atoms with Crippen molar-refractivity contribution in [3.63, 3.8) is 0 Å². The van der Waals surface area contributed by atoms with Crippen LogP contribution in [0.5, 0.6) is 0 Å². The number of aromatic nitrogens is 6. The number of para-hydroxylation sites is 1. The van der Waals surface area contributed by atoms with E-state index in [-0.39, 0.29) is 0 Å². The van der Waals surface area contributed by atoms with E-state index in [0.717, 1.165) is 28.2 Å². The molecule has 0 fully saturated rings. The molecule has 0 unspecified atom stereocenters. The Morgan fingerprint density at radius 3 is 2.83 bits per heavy atom. The number of nitrogens with zero attached hydrogens (tertiary/aromatic N) is 6. The summed E-state index contributed by atoms with van der Waals surface area (Å²) in [7, 11) is 0. The van der Waals surface area contributed by atoms with E-state index in [9.17, 15) is 0 Å². The van der Waals surface area contributed by atoms with Crippen LogP contribution in [0.4, 0.5) is 0 Å². The summed E-state index contributed by atoms with van der Waals surface area (Å²) in [5.41, 5.74) is 1.74. The zero-order chi connectivity index (χ0) is 16.4. The Balaban J connectivity index is 1.63. The molecule has 0 radical (unpaired) electrons. The second-order valence-corrected chi connectivity index (χ2v) is 6.02. The Labute approximate surface area is 142 Å². The van der Waals surface area contributed by atoms with Gasteiger partial charge >= 0.3 is 0 Å². The van der Waals surface area contributed by atoms with E-state index in [1.807, 2.05) is 41.9 Å². The number of fused-ring (bicyclic) bond motifs is 1. The van der Waals surface area contributed by atoms with E-state index in [2.05, 4.69) is 25.2 Å². The molecule has 0 atom stereocenters. The van der Waals surface area contributed by atoms with E-state index in [0.29, 0.717) is 17.5 Å². The second-order valence-electron chi connectivity index (χ2n) is 5.05. The summed E-state index contributed by atoms with van der Waals surface area (Å²) in [5, 5.41) is 10.2. The number of benzene rings is 1. The Morgan fingerprint density at radius 2 is 2.04 bits per heavy atom. The first-order chi connectivity index (χ1) is 11.8. The average Bonchev–Trinajstić information content (AvgIpc) is 3.27. The van der Waals surface area contributed by atoms with Crippen LogP contribution in [0, 0.1) is 0 Å². The second kappa shape index (κ2) is 6.40. The molecular formula is C16H14N6OS. The highest BCUT2D eigenvalue weighted by Crippen LogP contribution is 2.27. The largest absolute Gasteiger partial charge is 0.339 e. The first-order valence-electron chi connectivity index (χ1n) is 7.53. The van der Waals surface area contributed by atoms with Crippen molar-refractivity contribution in [1.82, 2.24) is 29.9 Å². The van der Waals surface area contributed by atoms with Crippen LogP contribution in [0.1, 0.15) is 18.6 Å². The average molecular weight is 338 g/mol. The molecule has 4 aromatic rings. The molecule has 0 N–H and O–H groups in total. The molecule has 0 saturated carbocycles. The molecule has 0 aliphatic carbocycles. The number of rotatable bonds is 5. The summed E-state index contributed by atoms with van der Waals surface area (Å²) in [6.07, 6.45) is 4.08.